The molecule has 4 heteroatoms. The molecule has 0 heterocycles. The van der Waals surface area contributed by atoms with Crippen molar-refractivity contribution in [1.82, 2.24) is 0 Å². The zero-order chi connectivity index (χ0) is 20.3. The van der Waals surface area contributed by atoms with E-state index in [0.29, 0.717) is 18.9 Å². The number of esters is 1. The van der Waals surface area contributed by atoms with Gasteiger partial charge in [0.25, 0.3) is 0 Å². The van der Waals surface area contributed by atoms with E-state index in [4.69, 9.17) is 4.74 Å². The molecule has 2 aromatic rings. The van der Waals surface area contributed by atoms with Crippen LogP contribution in [0.1, 0.15) is 57.6 Å². The number of hydrogen-bond acceptors (Lipinski definition) is 3. The van der Waals surface area contributed by atoms with Crippen molar-refractivity contribution in [2.75, 3.05) is 11.9 Å². The Morgan fingerprint density at radius 3 is 2.43 bits per heavy atom. The van der Waals surface area contributed by atoms with Crippen LogP contribution in [0.4, 0.5) is 5.69 Å². The maximum Gasteiger partial charge on any atom is 0.308 e. The molecule has 0 fully saturated rings. The first kappa shape index (κ1) is 20.1. The Balaban J connectivity index is 1.83. The number of ether oxygens (including phenoxy) is 1. The standard InChI is InChI=1S/C24H29NO3/c1-15(2)9-12-23(26)25-17-10-11-20-18-7-5-6-8-19(18)22(21(20)13-17)14-28-24(27)16(3)4/h5-8,10-11,13,15-16,22H,9,12,14H2,1-4H3,(H,25,26). The summed E-state index contributed by atoms with van der Waals surface area (Å²) in [6, 6.07) is 14.2. The molecule has 1 atom stereocenters. The van der Waals surface area contributed by atoms with Gasteiger partial charge >= 0.3 is 5.97 Å². The molecular weight excluding hydrogens is 350 g/mol. The first-order chi connectivity index (χ1) is 13.4. The summed E-state index contributed by atoms with van der Waals surface area (Å²) in [6.07, 6.45) is 1.39. The van der Waals surface area contributed by atoms with Gasteiger partial charge in [-0.25, -0.2) is 0 Å². The van der Waals surface area contributed by atoms with Crippen molar-refractivity contribution in [3.8, 4) is 11.1 Å². The lowest BCUT2D eigenvalue weighted by molar-refractivity contribution is -0.147. The van der Waals surface area contributed by atoms with Crippen molar-refractivity contribution in [2.45, 2.75) is 46.5 Å². The molecule has 0 aromatic heterocycles. The van der Waals surface area contributed by atoms with E-state index in [2.05, 4.69) is 37.4 Å². The number of carbonyl (C=O) groups is 2. The van der Waals surface area contributed by atoms with Gasteiger partial charge in [0.2, 0.25) is 5.91 Å². The Morgan fingerprint density at radius 1 is 1.00 bits per heavy atom. The second kappa shape index (κ2) is 8.59. The monoisotopic (exact) mass is 379 g/mol. The fraction of sp³-hybridized carbons (Fsp3) is 0.417. The minimum atomic E-state index is -0.191. The highest BCUT2D eigenvalue weighted by Crippen LogP contribution is 2.45. The summed E-state index contributed by atoms with van der Waals surface area (Å²) in [5.41, 5.74) is 5.36. The van der Waals surface area contributed by atoms with E-state index in [-0.39, 0.29) is 23.7 Å². The van der Waals surface area contributed by atoms with E-state index in [9.17, 15) is 9.59 Å². The maximum absolute atomic E-state index is 12.2. The Hall–Kier alpha value is -2.62. The van der Waals surface area contributed by atoms with Gasteiger partial charge in [-0.15, -0.1) is 0 Å². The quantitative estimate of drug-likeness (QED) is 0.658. The van der Waals surface area contributed by atoms with Crippen LogP contribution < -0.4 is 5.32 Å². The average molecular weight is 380 g/mol. The maximum atomic E-state index is 12.2. The summed E-state index contributed by atoms with van der Waals surface area (Å²) < 4.78 is 5.56. The predicted octanol–water partition coefficient (Wildman–Crippen LogP) is 5.37. The topological polar surface area (TPSA) is 55.4 Å². The molecule has 0 bridgehead atoms. The van der Waals surface area contributed by atoms with Crippen LogP contribution in [-0.4, -0.2) is 18.5 Å². The van der Waals surface area contributed by atoms with Crippen LogP contribution in [0.5, 0.6) is 0 Å². The molecule has 2 aromatic carbocycles. The van der Waals surface area contributed by atoms with Gasteiger partial charge in [0.05, 0.1) is 5.92 Å². The van der Waals surface area contributed by atoms with Crippen molar-refractivity contribution in [1.29, 1.82) is 0 Å². The van der Waals surface area contributed by atoms with Gasteiger partial charge in [-0.3, -0.25) is 9.59 Å². The third-order valence-corrected chi connectivity index (χ3v) is 5.15. The third kappa shape index (κ3) is 4.44. The van der Waals surface area contributed by atoms with Crippen molar-refractivity contribution >= 4 is 17.6 Å². The fourth-order valence-electron chi connectivity index (χ4n) is 3.54. The first-order valence-electron chi connectivity index (χ1n) is 10.1. The minimum absolute atomic E-state index is 0.0126. The molecule has 3 rings (SSSR count). The van der Waals surface area contributed by atoms with Crippen molar-refractivity contribution in [3.63, 3.8) is 0 Å². The lowest BCUT2D eigenvalue weighted by atomic mass is 9.97. The van der Waals surface area contributed by atoms with Gasteiger partial charge in [-0.1, -0.05) is 58.0 Å². The average Bonchev–Trinajstić information content (AvgIpc) is 2.97. The number of rotatable bonds is 7. The van der Waals surface area contributed by atoms with Crippen LogP contribution in [0.15, 0.2) is 42.5 Å². The molecule has 0 saturated heterocycles. The number of nitrogens with one attached hydrogen (secondary N) is 1. The second-order valence-electron chi connectivity index (χ2n) is 8.21. The molecule has 1 amide bonds. The normalized spacial score (nSPS) is 14.7. The van der Waals surface area contributed by atoms with E-state index in [1.807, 2.05) is 38.1 Å². The molecule has 4 nitrogen and oxygen atoms in total. The van der Waals surface area contributed by atoms with E-state index in [1.54, 1.807) is 0 Å². The molecule has 0 spiro atoms. The highest BCUT2D eigenvalue weighted by Gasteiger charge is 2.30. The molecule has 0 saturated carbocycles. The van der Waals surface area contributed by atoms with Gasteiger partial charge in [-0.2, -0.15) is 0 Å². The van der Waals surface area contributed by atoms with Crippen LogP contribution in [0.2, 0.25) is 0 Å². The Kier molecular flexibility index (Phi) is 6.18. The minimum Gasteiger partial charge on any atom is -0.464 e. The van der Waals surface area contributed by atoms with Crippen LogP contribution in [-0.2, 0) is 14.3 Å². The smallest absolute Gasteiger partial charge is 0.308 e. The molecule has 1 unspecified atom stereocenters. The molecule has 1 N–H and O–H groups in total. The number of amides is 1. The number of hydrogen-bond donors (Lipinski definition) is 1. The zero-order valence-electron chi connectivity index (χ0n) is 17.1. The number of anilines is 1. The summed E-state index contributed by atoms with van der Waals surface area (Å²) in [5, 5.41) is 3.01. The molecule has 0 radical (unpaired) electrons. The summed E-state index contributed by atoms with van der Waals surface area (Å²) in [5.74, 6) is 0.181. The van der Waals surface area contributed by atoms with Gasteiger partial charge in [0.15, 0.2) is 0 Å². The molecule has 148 valence electrons. The van der Waals surface area contributed by atoms with Crippen LogP contribution in [0.25, 0.3) is 11.1 Å². The summed E-state index contributed by atoms with van der Waals surface area (Å²) in [7, 11) is 0. The number of fused-ring (bicyclic) bond motifs is 3. The van der Waals surface area contributed by atoms with Crippen LogP contribution in [0, 0.1) is 11.8 Å². The SMILES string of the molecule is CC(C)CCC(=O)Nc1ccc2c(c1)C(COC(=O)C(C)C)c1ccccc1-2. The predicted molar refractivity (Wildman–Crippen MR) is 112 cm³/mol. The van der Waals surface area contributed by atoms with Gasteiger partial charge in [0, 0.05) is 18.0 Å². The third-order valence-electron chi connectivity index (χ3n) is 5.15. The molecule has 28 heavy (non-hydrogen) atoms. The van der Waals surface area contributed by atoms with Crippen molar-refractivity contribution in [2.24, 2.45) is 11.8 Å². The second-order valence-corrected chi connectivity index (χ2v) is 8.21. The Labute approximate surface area is 167 Å². The first-order valence-corrected chi connectivity index (χ1v) is 10.1. The van der Waals surface area contributed by atoms with Crippen LogP contribution >= 0.6 is 0 Å². The Morgan fingerprint density at radius 2 is 1.71 bits per heavy atom. The molecular formula is C24H29NO3. The number of carbonyl (C=O) groups excluding carboxylic acids is 2. The van der Waals surface area contributed by atoms with E-state index >= 15 is 0 Å². The van der Waals surface area contributed by atoms with E-state index in [0.717, 1.165) is 28.8 Å². The lowest BCUT2D eigenvalue weighted by Gasteiger charge is -2.16. The van der Waals surface area contributed by atoms with Crippen molar-refractivity contribution in [3.05, 3.63) is 53.6 Å². The number of benzene rings is 2. The summed E-state index contributed by atoms with van der Waals surface area (Å²) in [6.45, 7) is 8.21. The Bertz CT molecular complexity index is 870. The van der Waals surface area contributed by atoms with Gasteiger partial charge in [0.1, 0.15) is 6.61 Å². The molecule has 1 aliphatic rings. The summed E-state index contributed by atoms with van der Waals surface area (Å²) in [4.78, 5) is 24.2. The van der Waals surface area contributed by atoms with Crippen LogP contribution in [0.3, 0.4) is 0 Å². The lowest BCUT2D eigenvalue weighted by Crippen LogP contribution is -2.17. The van der Waals surface area contributed by atoms with E-state index in [1.165, 1.54) is 5.56 Å². The summed E-state index contributed by atoms with van der Waals surface area (Å²) >= 11 is 0. The molecule has 1 aliphatic carbocycles. The van der Waals surface area contributed by atoms with Gasteiger partial charge < -0.3 is 10.1 Å². The van der Waals surface area contributed by atoms with Crippen molar-refractivity contribution < 1.29 is 14.3 Å². The molecule has 0 aliphatic heterocycles. The highest BCUT2D eigenvalue weighted by molar-refractivity contribution is 5.92. The van der Waals surface area contributed by atoms with Gasteiger partial charge in [-0.05, 0) is 46.7 Å². The largest absolute Gasteiger partial charge is 0.464 e. The van der Waals surface area contributed by atoms with E-state index < -0.39 is 0 Å². The fourth-order valence-corrected chi connectivity index (χ4v) is 3.54. The zero-order valence-corrected chi connectivity index (χ0v) is 17.1. The highest BCUT2D eigenvalue weighted by atomic mass is 16.5.